The Hall–Kier alpha value is -0.830. The molecule has 4 rings (SSSR count). The molecule has 0 radical (unpaired) electrons. The zero-order chi connectivity index (χ0) is 12.7. The Labute approximate surface area is 108 Å². The van der Waals surface area contributed by atoms with Crippen molar-refractivity contribution in [3.63, 3.8) is 0 Å². The van der Waals surface area contributed by atoms with Crippen LogP contribution in [0.1, 0.15) is 39.5 Å². The Balaban J connectivity index is 1.83. The average Bonchev–Trinajstić information content (AvgIpc) is 2.95. The molecule has 2 saturated carbocycles. The first kappa shape index (κ1) is 11.0. The van der Waals surface area contributed by atoms with Crippen LogP contribution in [-0.2, 0) is 14.3 Å². The third-order valence-electron chi connectivity index (χ3n) is 5.92. The zero-order valence-electron chi connectivity index (χ0n) is 11.1. The Morgan fingerprint density at radius 3 is 2.89 bits per heavy atom. The molecule has 6 atom stereocenters. The Kier molecular flexibility index (Phi) is 1.84. The lowest BCUT2D eigenvalue weighted by atomic mass is 9.56. The van der Waals surface area contributed by atoms with E-state index in [-0.39, 0.29) is 29.2 Å². The predicted molar refractivity (Wildman–Crippen MR) is 65.9 cm³/mol. The molecule has 2 saturated heterocycles. The van der Waals surface area contributed by atoms with E-state index in [1.807, 2.05) is 0 Å². The largest absolute Gasteiger partial charge is 0.452 e. The summed E-state index contributed by atoms with van der Waals surface area (Å²) in [5.74, 6) is 1.09. The number of ether oxygens (including phenoxy) is 2. The molecule has 0 bridgehead atoms. The van der Waals surface area contributed by atoms with Crippen molar-refractivity contribution in [3.8, 4) is 0 Å². The van der Waals surface area contributed by atoms with Gasteiger partial charge in [0.15, 0.2) is 5.60 Å². The molecule has 0 aromatic heterocycles. The van der Waals surface area contributed by atoms with E-state index in [9.17, 15) is 4.79 Å². The molecular weight excluding hydrogens is 228 g/mol. The fourth-order valence-electron chi connectivity index (χ4n) is 4.90. The summed E-state index contributed by atoms with van der Waals surface area (Å²) >= 11 is 0. The van der Waals surface area contributed by atoms with Gasteiger partial charge in [-0.2, -0.15) is 0 Å². The molecular formula is C15H20O3. The van der Waals surface area contributed by atoms with Crippen molar-refractivity contribution in [2.24, 2.45) is 17.8 Å². The highest BCUT2D eigenvalue weighted by molar-refractivity contribution is 5.92. The third kappa shape index (κ3) is 1.04. The van der Waals surface area contributed by atoms with Crippen molar-refractivity contribution in [2.45, 2.75) is 56.8 Å². The fourth-order valence-corrected chi connectivity index (χ4v) is 4.90. The van der Waals surface area contributed by atoms with Gasteiger partial charge in [-0.15, -0.1) is 0 Å². The van der Waals surface area contributed by atoms with Crippen LogP contribution in [0.5, 0.6) is 0 Å². The molecule has 2 heterocycles. The normalized spacial score (nSPS) is 57.4. The van der Waals surface area contributed by atoms with Crippen LogP contribution < -0.4 is 0 Å². The highest BCUT2D eigenvalue weighted by Crippen LogP contribution is 2.66. The summed E-state index contributed by atoms with van der Waals surface area (Å²) in [6, 6.07) is 0. The molecule has 3 heteroatoms. The van der Waals surface area contributed by atoms with E-state index < -0.39 is 0 Å². The van der Waals surface area contributed by atoms with Gasteiger partial charge in [0.1, 0.15) is 6.10 Å². The molecule has 0 N–H and O–H groups in total. The standard InChI is InChI=1S/C15H20O3/c1-8-4-5-11-9(2)12(16)17-15(11)10(8)6-7-14(3)13(15)18-14/h8,10-11,13H,2,4-7H2,1,3H3/t8-,10+,11-,13-,14-,15-/m1/s1. The van der Waals surface area contributed by atoms with Gasteiger partial charge in [0.2, 0.25) is 0 Å². The minimum atomic E-state index is -0.376. The fraction of sp³-hybridized carbons (Fsp3) is 0.800. The Bertz CT molecular complexity index is 457. The van der Waals surface area contributed by atoms with E-state index in [0.717, 1.165) is 19.3 Å². The number of hydrogen-bond acceptors (Lipinski definition) is 3. The maximum Gasteiger partial charge on any atom is 0.334 e. The second-order valence-electron chi connectivity index (χ2n) is 6.83. The lowest BCUT2D eigenvalue weighted by molar-refractivity contribution is -0.168. The minimum Gasteiger partial charge on any atom is -0.452 e. The van der Waals surface area contributed by atoms with Crippen LogP contribution in [0, 0.1) is 17.8 Å². The van der Waals surface area contributed by atoms with Crippen molar-refractivity contribution in [3.05, 3.63) is 12.2 Å². The maximum atomic E-state index is 12.0. The monoisotopic (exact) mass is 248 g/mol. The third-order valence-corrected chi connectivity index (χ3v) is 5.92. The summed E-state index contributed by atoms with van der Waals surface area (Å²) in [5.41, 5.74) is 0.266. The highest BCUT2D eigenvalue weighted by Gasteiger charge is 2.76. The number of carbonyl (C=O) groups excluding carboxylic acids is 1. The molecule has 0 aromatic rings. The van der Waals surface area contributed by atoms with Crippen LogP contribution in [-0.4, -0.2) is 23.3 Å². The molecule has 0 amide bonds. The van der Waals surface area contributed by atoms with E-state index in [1.165, 1.54) is 6.42 Å². The van der Waals surface area contributed by atoms with Crippen molar-refractivity contribution < 1.29 is 14.3 Å². The number of carbonyl (C=O) groups is 1. The number of epoxide rings is 1. The van der Waals surface area contributed by atoms with Crippen LogP contribution in [0.25, 0.3) is 0 Å². The van der Waals surface area contributed by atoms with Gasteiger partial charge in [-0.1, -0.05) is 13.5 Å². The minimum absolute atomic E-state index is 0.0449. The molecule has 3 nitrogen and oxygen atoms in total. The van der Waals surface area contributed by atoms with E-state index in [0.29, 0.717) is 17.4 Å². The van der Waals surface area contributed by atoms with Crippen molar-refractivity contribution in [1.82, 2.24) is 0 Å². The zero-order valence-corrected chi connectivity index (χ0v) is 11.1. The van der Waals surface area contributed by atoms with Crippen molar-refractivity contribution >= 4 is 5.97 Å². The second-order valence-corrected chi connectivity index (χ2v) is 6.83. The number of rotatable bonds is 0. The quantitative estimate of drug-likeness (QED) is 0.375. The van der Waals surface area contributed by atoms with Crippen LogP contribution >= 0.6 is 0 Å². The van der Waals surface area contributed by atoms with Crippen LogP contribution in [0.3, 0.4) is 0 Å². The Morgan fingerprint density at radius 1 is 1.33 bits per heavy atom. The molecule has 18 heavy (non-hydrogen) atoms. The molecule has 2 aliphatic heterocycles. The molecule has 0 unspecified atom stereocenters. The van der Waals surface area contributed by atoms with Crippen LogP contribution in [0.4, 0.5) is 0 Å². The van der Waals surface area contributed by atoms with Gasteiger partial charge in [-0.05, 0) is 38.5 Å². The lowest BCUT2D eigenvalue weighted by Gasteiger charge is -2.49. The molecule has 0 aromatic carbocycles. The number of hydrogen-bond donors (Lipinski definition) is 0. The molecule has 98 valence electrons. The van der Waals surface area contributed by atoms with Gasteiger partial charge >= 0.3 is 5.97 Å². The predicted octanol–water partition coefficient (Wildman–Crippen LogP) is 2.45. The first-order valence-corrected chi connectivity index (χ1v) is 7.09. The van der Waals surface area contributed by atoms with Gasteiger partial charge in [0, 0.05) is 17.4 Å². The smallest absolute Gasteiger partial charge is 0.334 e. The summed E-state index contributed by atoms with van der Waals surface area (Å²) in [6.07, 6.45) is 4.53. The lowest BCUT2D eigenvalue weighted by Crippen LogP contribution is -2.57. The van der Waals surface area contributed by atoms with E-state index in [4.69, 9.17) is 9.47 Å². The summed E-state index contributed by atoms with van der Waals surface area (Å²) in [7, 11) is 0. The number of esters is 1. The summed E-state index contributed by atoms with van der Waals surface area (Å²) in [5, 5.41) is 0. The second kappa shape index (κ2) is 3.01. The van der Waals surface area contributed by atoms with Gasteiger partial charge in [0.05, 0.1) is 5.60 Å². The van der Waals surface area contributed by atoms with E-state index in [2.05, 4.69) is 20.4 Å². The molecule has 2 aliphatic carbocycles. The maximum absolute atomic E-state index is 12.0. The average molecular weight is 248 g/mol. The van der Waals surface area contributed by atoms with Crippen molar-refractivity contribution in [2.75, 3.05) is 0 Å². The first-order valence-electron chi connectivity index (χ1n) is 7.09. The number of fused-ring (bicyclic) bond motifs is 1. The molecule has 4 fully saturated rings. The van der Waals surface area contributed by atoms with Crippen molar-refractivity contribution in [1.29, 1.82) is 0 Å². The first-order chi connectivity index (χ1) is 8.49. The molecule has 1 spiro atoms. The molecule has 4 aliphatic rings. The SMILES string of the molecule is C=C1C(=O)O[C@@]23[C@@H]1CC[C@@H](C)[C@@H]2CC[C@@]1(C)O[C@@H]31. The van der Waals surface area contributed by atoms with Crippen LogP contribution in [0.15, 0.2) is 12.2 Å². The van der Waals surface area contributed by atoms with Crippen LogP contribution in [0.2, 0.25) is 0 Å². The van der Waals surface area contributed by atoms with Gasteiger partial charge in [0.25, 0.3) is 0 Å². The summed E-state index contributed by atoms with van der Waals surface area (Å²) in [6.45, 7) is 8.43. The highest BCUT2D eigenvalue weighted by atomic mass is 16.7. The van der Waals surface area contributed by atoms with E-state index >= 15 is 0 Å². The summed E-state index contributed by atoms with van der Waals surface area (Å²) < 4.78 is 11.9. The van der Waals surface area contributed by atoms with E-state index in [1.54, 1.807) is 0 Å². The van der Waals surface area contributed by atoms with Gasteiger partial charge < -0.3 is 9.47 Å². The summed E-state index contributed by atoms with van der Waals surface area (Å²) in [4.78, 5) is 12.0. The Morgan fingerprint density at radius 2 is 2.11 bits per heavy atom. The topological polar surface area (TPSA) is 38.8 Å². The van der Waals surface area contributed by atoms with Gasteiger partial charge in [-0.25, -0.2) is 4.79 Å². The van der Waals surface area contributed by atoms with Gasteiger partial charge in [-0.3, -0.25) is 0 Å².